The number of aryl methyl sites for hydroxylation is 1. The van der Waals surface area contributed by atoms with E-state index in [2.05, 4.69) is 9.71 Å². The second-order valence-corrected chi connectivity index (χ2v) is 6.50. The molecule has 1 aromatic carbocycles. The van der Waals surface area contributed by atoms with E-state index in [1.807, 2.05) is 0 Å². The number of halogens is 2. The number of nitrogens with zero attached hydrogens (tertiary/aromatic N) is 1. The van der Waals surface area contributed by atoms with Crippen molar-refractivity contribution in [2.45, 2.75) is 11.8 Å². The Labute approximate surface area is 126 Å². The highest BCUT2D eigenvalue weighted by atomic mass is 35.5. The van der Waals surface area contributed by atoms with E-state index in [1.54, 1.807) is 19.1 Å². The number of hydrogen-bond acceptors (Lipinski definition) is 4. The van der Waals surface area contributed by atoms with E-state index in [-0.39, 0.29) is 20.6 Å². The van der Waals surface area contributed by atoms with Crippen molar-refractivity contribution in [3.63, 3.8) is 0 Å². The molecule has 0 saturated heterocycles. The van der Waals surface area contributed by atoms with Crippen LogP contribution >= 0.6 is 23.2 Å². The molecule has 0 radical (unpaired) electrons. The second-order valence-electron chi connectivity index (χ2n) is 4.07. The van der Waals surface area contributed by atoms with E-state index in [1.165, 1.54) is 18.3 Å². The maximum Gasteiger partial charge on any atom is 0.263 e. The van der Waals surface area contributed by atoms with E-state index in [0.717, 1.165) is 5.69 Å². The summed E-state index contributed by atoms with van der Waals surface area (Å²) in [5.41, 5.74) is 6.76. The van der Waals surface area contributed by atoms with Crippen molar-refractivity contribution in [1.82, 2.24) is 4.98 Å². The Bertz CT molecular complexity index is 746. The molecule has 0 saturated carbocycles. The van der Waals surface area contributed by atoms with Crippen LogP contribution in [-0.2, 0) is 10.0 Å². The van der Waals surface area contributed by atoms with Gasteiger partial charge < -0.3 is 5.73 Å². The predicted molar refractivity (Wildman–Crippen MR) is 80.7 cm³/mol. The number of benzene rings is 1. The van der Waals surface area contributed by atoms with Crippen LogP contribution in [0, 0.1) is 6.92 Å². The molecule has 0 amide bonds. The summed E-state index contributed by atoms with van der Waals surface area (Å²) < 4.78 is 26.9. The third-order valence-electron chi connectivity index (χ3n) is 2.54. The average molecular weight is 332 g/mol. The molecule has 2 rings (SSSR count). The van der Waals surface area contributed by atoms with E-state index in [0.29, 0.717) is 5.69 Å². The zero-order valence-electron chi connectivity index (χ0n) is 10.4. The topological polar surface area (TPSA) is 85.1 Å². The molecular formula is C12H11Cl2N3O2S. The first kappa shape index (κ1) is 14.9. The van der Waals surface area contributed by atoms with Crippen molar-refractivity contribution >= 4 is 44.6 Å². The Balaban J connectivity index is 2.41. The van der Waals surface area contributed by atoms with Crippen molar-refractivity contribution in [3.8, 4) is 0 Å². The summed E-state index contributed by atoms with van der Waals surface area (Å²) in [7, 11) is -3.86. The molecule has 0 fully saturated rings. The largest absolute Gasteiger partial charge is 0.396 e. The molecule has 1 heterocycles. The summed E-state index contributed by atoms with van der Waals surface area (Å²) in [6, 6.07) is 5.97. The molecule has 20 heavy (non-hydrogen) atoms. The van der Waals surface area contributed by atoms with Gasteiger partial charge in [-0.25, -0.2) is 8.42 Å². The van der Waals surface area contributed by atoms with Crippen LogP contribution in [0.3, 0.4) is 0 Å². The van der Waals surface area contributed by atoms with Crippen LogP contribution in [0.15, 0.2) is 35.4 Å². The SMILES string of the molecule is Cc1ccc(NS(=O)(=O)c2ccc(Cl)c(N)c2Cl)cn1. The van der Waals surface area contributed by atoms with Crippen molar-refractivity contribution in [1.29, 1.82) is 0 Å². The molecule has 1 aromatic heterocycles. The molecule has 0 atom stereocenters. The first-order chi connectivity index (χ1) is 9.31. The maximum atomic E-state index is 12.2. The fourth-order valence-electron chi connectivity index (χ4n) is 1.50. The highest BCUT2D eigenvalue weighted by Crippen LogP contribution is 2.33. The smallest absolute Gasteiger partial charge is 0.263 e. The van der Waals surface area contributed by atoms with Gasteiger partial charge in [-0.05, 0) is 31.2 Å². The number of nitrogens with two attached hydrogens (primary N) is 1. The fourth-order valence-corrected chi connectivity index (χ4v) is 3.30. The highest BCUT2D eigenvalue weighted by molar-refractivity contribution is 7.92. The van der Waals surface area contributed by atoms with Crippen LogP contribution in [0.1, 0.15) is 5.69 Å². The fraction of sp³-hybridized carbons (Fsp3) is 0.0833. The van der Waals surface area contributed by atoms with Gasteiger partial charge in [-0.1, -0.05) is 23.2 Å². The molecule has 0 aliphatic carbocycles. The van der Waals surface area contributed by atoms with E-state index >= 15 is 0 Å². The highest BCUT2D eigenvalue weighted by Gasteiger charge is 2.20. The lowest BCUT2D eigenvalue weighted by Gasteiger charge is -2.11. The summed E-state index contributed by atoms with van der Waals surface area (Å²) in [4.78, 5) is 3.87. The molecule has 106 valence electrons. The lowest BCUT2D eigenvalue weighted by molar-refractivity contribution is 0.601. The summed E-state index contributed by atoms with van der Waals surface area (Å²) in [6.45, 7) is 1.80. The van der Waals surface area contributed by atoms with Crippen molar-refractivity contribution in [2.75, 3.05) is 10.5 Å². The molecule has 0 unspecified atom stereocenters. The number of hydrogen-bond donors (Lipinski definition) is 2. The molecule has 5 nitrogen and oxygen atoms in total. The number of anilines is 2. The summed E-state index contributed by atoms with van der Waals surface area (Å²) >= 11 is 11.7. The average Bonchev–Trinajstić information content (AvgIpc) is 2.38. The molecule has 0 bridgehead atoms. The van der Waals surface area contributed by atoms with Gasteiger partial charge in [0.1, 0.15) is 4.90 Å². The number of nitrogen functional groups attached to an aromatic ring is 1. The van der Waals surface area contributed by atoms with Crippen molar-refractivity contribution in [3.05, 3.63) is 46.2 Å². The van der Waals surface area contributed by atoms with Gasteiger partial charge in [0.05, 0.1) is 27.6 Å². The summed E-state index contributed by atoms with van der Waals surface area (Å²) in [5.74, 6) is 0. The molecular weight excluding hydrogens is 321 g/mol. The first-order valence-corrected chi connectivity index (χ1v) is 7.74. The Morgan fingerprint density at radius 3 is 2.50 bits per heavy atom. The molecule has 8 heteroatoms. The van der Waals surface area contributed by atoms with Gasteiger partial charge in [-0.3, -0.25) is 9.71 Å². The monoisotopic (exact) mass is 331 g/mol. The zero-order chi connectivity index (χ0) is 14.9. The van der Waals surface area contributed by atoms with Gasteiger partial charge in [0.2, 0.25) is 0 Å². The minimum absolute atomic E-state index is 0.0261. The number of rotatable bonds is 3. The van der Waals surface area contributed by atoms with Gasteiger partial charge in [-0.2, -0.15) is 0 Å². The quantitative estimate of drug-likeness (QED) is 0.846. The van der Waals surface area contributed by atoms with Gasteiger partial charge >= 0.3 is 0 Å². The Kier molecular flexibility index (Phi) is 4.08. The first-order valence-electron chi connectivity index (χ1n) is 5.50. The Hall–Kier alpha value is -1.50. The molecule has 3 N–H and O–H groups in total. The second kappa shape index (κ2) is 5.47. The van der Waals surface area contributed by atoms with Gasteiger partial charge in [0.25, 0.3) is 10.0 Å². The van der Waals surface area contributed by atoms with Crippen LogP contribution in [-0.4, -0.2) is 13.4 Å². The van der Waals surface area contributed by atoms with Gasteiger partial charge in [0, 0.05) is 5.69 Å². The summed E-state index contributed by atoms with van der Waals surface area (Å²) in [5, 5.41) is 0.0935. The lowest BCUT2D eigenvalue weighted by atomic mass is 10.3. The standard InChI is InChI=1S/C12H11Cl2N3O2S/c1-7-2-3-8(6-16-7)17-20(18,19)10-5-4-9(13)12(15)11(10)14/h2-6,17H,15H2,1H3. The number of pyridine rings is 1. The molecule has 0 spiro atoms. The Morgan fingerprint density at radius 2 is 1.90 bits per heavy atom. The zero-order valence-corrected chi connectivity index (χ0v) is 12.7. The number of sulfonamides is 1. The van der Waals surface area contributed by atoms with Gasteiger partial charge in [-0.15, -0.1) is 0 Å². The predicted octanol–water partition coefficient (Wildman–Crippen LogP) is 3.08. The van der Waals surface area contributed by atoms with Crippen LogP contribution in [0.4, 0.5) is 11.4 Å². The summed E-state index contributed by atoms with van der Waals surface area (Å²) in [6.07, 6.45) is 1.42. The maximum absolute atomic E-state index is 12.2. The molecule has 0 aliphatic rings. The third kappa shape index (κ3) is 2.98. The van der Waals surface area contributed by atoms with Crippen LogP contribution in [0.2, 0.25) is 10.0 Å². The normalized spacial score (nSPS) is 11.3. The van der Waals surface area contributed by atoms with E-state index in [9.17, 15) is 8.42 Å². The molecule has 2 aromatic rings. The van der Waals surface area contributed by atoms with Crippen LogP contribution in [0.25, 0.3) is 0 Å². The van der Waals surface area contributed by atoms with Crippen molar-refractivity contribution in [2.24, 2.45) is 0 Å². The lowest BCUT2D eigenvalue weighted by Crippen LogP contribution is -2.14. The molecule has 0 aliphatic heterocycles. The Morgan fingerprint density at radius 1 is 1.20 bits per heavy atom. The van der Waals surface area contributed by atoms with Crippen LogP contribution in [0.5, 0.6) is 0 Å². The minimum Gasteiger partial charge on any atom is -0.396 e. The number of nitrogens with one attached hydrogen (secondary N) is 1. The van der Waals surface area contributed by atoms with E-state index in [4.69, 9.17) is 28.9 Å². The van der Waals surface area contributed by atoms with Crippen molar-refractivity contribution < 1.29 is 8.42 Å². The third-order valence-corrected chi connectivity index (χ3v) is 4.82. The minimum atomic E-state index is -3.86. The van der Waals surface area contributed by atoms with Gasteiger partial charge in [0.15, 0.2) is 0 Å². The number of aromatic nitrogens is 1. The van der Waals surface area contributed by atoms with Crippen LogP contribution < -0.4 is 10.5 Å². The van der Waals surface area contributed by atoms with E-state index < -0.39 is 10.0 Å².